The second-order valence-corrected chi connectivity index (χ2v) is 5.93. The van der Waals surface area contributed by atoms with Gasteiger partial charge in [-0.05, 0) is 57.9 Å². The highest BCUT2D eigenvalue weighted by atomic mass is 79.9. The number of carbonyl (C=O) groups is 1. The fourth-order valence-electron chi connectivity index (χ4n) is 2.04. The maximum Gasteiger partial charge on any atom is 0.349 e. The minimum atomic E-state index is -0.640. The monoisotopic (exact) mass is 437 g/mol. The average Bonchev–Trinajstić information content (AvgIpc) is 2.66. The first-order valence-electron chi connectivity index (χ1n) is 7.59. The van der Waals surface area contributed by atoms with Crippen LogP contribution < -0.4 is 18.9 Å². The van der Waals surface area contributed by atoms with Gasteiger partial charge in [-0.3, -0.25) is 10.1 Å². The zero-order valence-electron chi connectivity index (χ0n) is 14.5. The van der Waals surface area contributed by atoms with Crippen molar-refractivity contribution < 1.29 is 28.7 Å². The van der Waals surface area contributed by atoms with Gasteiger partial charge >= 0.3 is 5.97 Å². The Morgan fingerprint density at radius 2 is 1.81 bits per heavy atom. The standard InChI is InChI=1S/C18H16BrNO7/c1-24-13-3-5-14(6-4-13)26-11-17(21)27-18-15(19)9-12(7-8-20(22)23)10-16(18)25-2/h3-10H,11H2,1-2H3. The first kappa shape index (κ1) is 20.2. The fraction of sp³-hybridized carbons (Fsp3) is 0.167. The molecule has 0 fully saturated rings. The Labute approximate surface area is 163 Å². The van der Waals surface area contributed by atoms with E-state index in [4.69, 9.17) is 18.9 Å². The molecule has 2 aromatic carbocycles. The van der Waals surface area contributed by atoms with E-state index >= 15 is 0 Å². The molecule has 0 radical (unpaired) electrons. The van der Waals surface area contributed by atoms with Crippen molar-refractivity contribution in [1.82, 2.24) is 0 Å². The van der Waals surface area contributed by atoms with Crippen molar-refractivity contribution in [3.8, 4) is 23.0 Å². The molecule has 8 nitrogen and oxygen atoms in total. The summed E-state index contributed by atoms with van der Waals surface area (Å²) in [6, 6.07) is 9.82. The summed E-state index contributed by atoms with van der Waals surface area (Å²) in [7, 11) is 2.95. The Hall–Kier alpha value is -3.07. The number of nitro groups is 1. The van der Waals surface area contributed by atoms with Crippen molar-refractivity contribution in [2.45, 2.75) is 0 Å². The minimum absolute atomic E-state index is 0.152. The molecule has 0 aliphatic rings. The summed E-state index contributed by atoms with van der Waals surface area (Å²) in [6.45, 7) is -0.315. The van der Waals surface area contributed by atoms with Crippen molar-refractivity contribution in [3.63, 3.8) is 0 Å². The summed E-state index contributed by atoms with van der Waals surface area (Å²) in [5, 5.41) is 10.4. The second kappa shape index (κ2) is 9.58. The predicted molar refractivity (Wildman–Crippen MR) is 101 cm³/mol. The molecule has 0 aliphatic heterocycles. The lowest BCUT2D eigenvalue weighted by molar-refractivity contribution is -0.400. The number of rotatable bonds is 8. The molecule has 27 heavy (non-hydrogen) atoms. The van der Waals surface area contributed by atoms with Crippen LogP contribution in [-0.2, 0) is 4.79 Å². The van der Waals surface area contributed by atoms with Gasteiger partial charge in [-0.2, -0.15) is 0 Å². The highest BCUT2D eigenvalue weighted by Crippen LogP contribution is 2.37. The van der Waals surface area contributed by atoms with Gasteiger partial charge in [-0.15, -0.1) is 0 Å². The van der Waals surface area contributed by atoms with Crippen LogP contribution >= 0.6 is 15.9 Å². The molecule has 0 spiro atoms. The van der Waals surface area contributed by atoms with Gasteiger partial charge in [0.1, 0.15) is 11.5 Å². The van der Waals surface area contributed by atoms with E-state index in [2.05, 4.69) is 15.9 Å². The molecule has 0 atom stereocenters. The minimum Gasteiger partial charge on any atom is -0.497 e. The number of esters is 1. The Morgan fingerprint density at radius 1 is 1.15 bits per heavy atom. The molecule has 0 aromatic heterocycles. The summed E-state index contributed by atoms with van der Waals surface area (Å²) in [6.07, 6.45) is 2.10. The van der Waals surface area contributed by atoms with E-state index in [9.17, 15) is 14.9 Å². The summed E-state index contributed by atoms with van der Waals surface area (Å²) >= 11 is 3.27. The number of halogens is 1. The van der Waals surface area contributed by atoms with Gasteiger partial charge in [-0.25, -0.2) is 4.79 Å². The van der Waals surface area contributed by atoms with Gasteiger partial charge in [-0.1, -0.05) is 0 Å². The molecule has 0 saturated carbocycles. The number of hydrogen-bond donors (Lipinski definition) is 0. The molecule has 142 valence electrons. The maximum absolute atomic E-state index is 12.1. The molecule has 9 heteroatoms. The van der Waals surface area contributed by atoms with Crippen LogP contribution in [0, 0.1) is 10.1 Å². The van der Waals surface area contributed by atoms with E-state index in [0.29, 0.717) is 21.5 Å². The largest absolute Gasteiger partial charge is 0.497 e. The Balaban J connectivity index is 2.06. The number of hydrogen-bond acceptors (Lipinski definition) is 7. The summed E-state index contributed by atoms with van der Waals surface area (Å²) in [5.74, 6) is 0.909. The van der Waals surface area contributed by atoms with Crippen molar-refractivity contribution >= 4 is 28.0 Å². The van der Waals surface area contributed by atoms with Crippen LogP contribution in [0.15, 0.2) is 47.1 Å². The molecule has 0 N–H and O–H groups in total. The van der Waals surface area contributed by atoms with Gasteiger partial charge in [0, 0.05) is 6.08 Å². The Morgan fingerprint density at radius 3 is 2.41 bits per heavy atom. The van der Waals surface area contributed by atoms with Crippen molar-refractivity contribution in [3.05, 3.63) is 62.7 Å². The summed E-state index contributed by atoms with van der Waals surface area (Å²) in [4.78, 5) is 21.9. The van der Waals surface area contributed by atoms with Crippen LogP contribution in [0.25, 0.3) is 6.08 Å². The number of benzene rings is 2. The molecule has 2 aromatic rings. The van der Waals surface area contributed by atoms with E-state index in [1.54, 1.807) is 37.4 Å². The molecule has 0 heterocycles. The molecular weight excluding hydrogens is 422 g/mol. The average molecular weight is 438 g/mol. The first-order valence-corrected chi connectivity index (χ1v) is 8.39. The number of carbonyl (C=O) groups excluding carboxylic acids is 1. The van der Waals surface area contributed by atoms with Crippen LogP contribution in [0.2, 0.25) is 0 Å². The molecule has 0 amide bonds. The van der Waals surface area contributed by atoms with Crippen molar-refractivity contribution in [1.29, 1.82) is 0 Å². The van der Waals surface area contributed by atoms with Crippen LogP contribution in [0.1, 0.15) is 5.56 Å². The lowest BCUT2D eigenvalue weighted by Crippen LogP contribution is -2.18. The van der Waals surface area contributed by atoms with Gasteiger partial charge < -0.3 is 18.9 Å². The van der Waals surface area contributed by atoms with Crippen LogP contribution in [0.3, 0.4) is 0 Å². The number of nitrogens with zero attached hydrogens (tertiary/aromatic N) is 1. The SMILES string of the molecule is COc1ccc(OCC(=O)Oc2c(Br)cc(C=C[N+](=O)[O-])cc2OC)cc1. The first-order chi connectivity index (χ1) is 12.9. The molecule has 0 bridgehead atoms. The molecule has 0 unspecified atom stereocenters. The van der Waals surface area contributed by atoms with Crippen molar-refractivity contribution in [2.24, 2.45) is 0 Å². The summed E-state index contributed by atoms with van der Waals surface area (Å²) in [5.41, 5.74) is 0.504. The fourth-order valence-corrected chi connectivity index (χ4v) is 2.58. The topological polar surface area (TPSA) is 97.1 Å². The van der Waals surface area contributed by atoms with E-state index in [1.165, 1.54) is 19.3 Å². The molecular formula is C18H16BrNO7. The predicted octanol–water partition coefficient (Wildman–Crippen LogP) is 3.70. The third kappa shape index (κ3) is 6.00. The van der Waals surface area contributed by atoms with Crippen LogP contribution in [0.4, 0.5) is 0 Å². The quantitative estimate of drug-likeness (QED) is 0.268. The van der Waals surface area contributed by atoms with Gasteiger partial charge in [0.25, 0.3) is 0 Å². The van der Waals surface area contributed by atoms with Crippen molar-refractivity contribution in [2.75, 3.05) is 20.8 Å². The number of ether oxygens (including phenoxy) is 4. The Kier molecular flexibility index (Phi) is 7.18. The maximum atomic E-state index is 12.1. The molecule has 2 rings (SSSR count). The van der Waals surface area contributed by atoms with Gasteiger partial charge in [0.2, 0.25) is 6.20 Å². The number of methoxy groups -OCH3 is 2. The summed E-state index contributed by atoms with van der Waals surface area (Å²) < 4.78 is 21.3. The van der Waals surface area contributed by atoms with Crippen LogP contribution in [-0.4, -0.2) is 31.7 Å². The van der Waals surface area contributed by atoms with E-state index in [1.807, 2.05) is 0 Å². The van der Waals surface area contributed by atoms with E-state index < -0.39 is 10.9 Å². The lowest BCUT2D eigenvalue weighted by Gasteiger charge is -2.12. The molecule has 0 saturated heterocycles. The third-order valence-corrected chi connectivity index (χ3v) is 3.86. The smallest absolute Gasteiger partial charge is 0.349 e. The third-order valence-electron chi connectivity index (χ3n) is 3.27. The highest BCUT2D eigenvalue weighted by Gasteiger charge is 2.16. The molecule has 0 aliphatic carbocycles. The second-order valence-electron chi connectivity index (χ2n) is 5.07. The normalized spacial score (nSPS) is 10.5. The van der Waals surface area contributed by atoms with Gasteiger partial charge in [0.05, 0.1) is 23.6 Å². The zero-order valence-corrected chi connectivity index (χ0v) is 16.1. The van der Waals surface area contributed by atoms with E-state index in [-0.39, 0.29) is 18.1 Å². The van der Waals surface area contributed by atoms with Gasteiger partial charge in [0.15, 0.2) is 18.1 Å². The zero-order chi connectivity index (χ0) is 19.8. The van der Waals surface area contributed by atoms with E-state index in [0.717, 1.165) is 6.20 Å². The highest BCUT2D eigenvalue weighted by molar-refractivity contribution is 9.10. The lowest BCUT2D eigenvalue weighted by atomic mass is 10.2. The Bertz CT molecular complexity index is 850. The van der Waals surface area contributed by atoms with Crippen LogP contribution in [0.5, 0.6) is 23.0 Å².